The average molecular weight is 232 g/mol. The van der Waals surface area contributed by atoms with Crippen molar-refractivity contribution >= 4 is 0 Å². The standard InChI is InChI=1S/C16H24O/c1-11-3-7-14(8-4-11)16-15-9-13(10-17-16)6-5-12(15)2/h3,5,13-16H,4,6-10H2,1-2H3/t13-,14?,15-,16?/m1/s1. The molecule has 1 heteroatoms. The fraction of sp³-hybridized carbons (Fsp3) is 0.750. The van der Waals surface area contributed by atoms with Gasteiger partial charge in [0.25, 0.3) is 0 Å². The van der Waals surface area contributed by atoms with Crippen molar-refractivity contribution in [1.29, 1.82) is 0 Å². The van der Waals surface area contributed by atoms with E-state index in [1.807, 2.05) is 0 Å². The summed E-state index contributed by atoms with van der Waals surface area (Å²) in [7, 11) is 0. The molecule has 3 aliphatic rings. The molecule has 1 nitrogen and oxygen atoms in total. The van der Waals surface area contributed by atoms with E-state index in [9.17, 15) is 0 Å². The third-order valence-electron chi connectivity index (χ3n) is 5.01. The molecule has 1 fully saturated rings. The lowest BCUT2D eigenvalue weighted by molar-refractivity contribution is -0.0807. The molecule has 0 spiro atoms. The van der Waals surface area contributed by atoms with E-state index in [0.717, 1.165) is 24.4 Å². The highest BCUT2D eigenvalue weighted by Gasteiger charge is 2.38. The molecule has 1 heterocycles. The van der Waals surface area contributed by atoms with Crippen molar-refractivity contribution in [3.05, 3.63) is 23.3 Å². The van der Waals surface area contributed by atoms with Gasteiger partial charge in [-0.2, -0.15) is 0 Å². The lowest BCUT2D eigenvalue weighted by Crippen LogP contribution is -2.42. The predicted molar refractivity (Wildman–Crippen MR) is 70.8 cm³/mol. The minimum absolute atomic E-state index is 0.507. The summed E-state index contributed by atoms with van der Waals surface area (Å²) in [6.45, 7) is 5.58. The van der Waals surface area contributed by atoms with Crippen molar-refractivity contribution in [3.63, 3.8) is 0 Å². The molecule has 0 aromatic carbocycles. The van der Waals surface area contributed by atoms with Gasteiger partial charge >= 0.3 is 0 Å². The number of hydrogen-bond acceptors (Lipinski definition) is 1. The Morgan fingerprint density at radius 2 is 2.06 bits per heavy atom. The Morgan fingerprint density at radius 3 is 2.82 bits per heavy atom. The number of ether oxygens (including phenoxy) is 1. The third kappa shape index (κ3) is 2.22. The first-order valence-electron chi connectivity index (χ1n) is 7.18. The van der Waals surface area contributed by atoms with Gasteiger partial charge in [0.15, 0.2) is 0 Å². The van der Waals surface area contributed by atoms with E-state index >= 15 is 0 Å². The Bertz CT molecular complexity index is 353. The first-order chi connectivity index (χ1) is 8.24. The first kappa shape index (κ1) is 11.5. The molecule has 0 radical (unpaired) electrons. The number of allylic oxidation sites excluding steroid dienone is 3. The van der Waals surface area contributed by atoms with E-state index in [1.54, 1.807) is 11.1 Å². The molecule has 0 amide bonds. The van der Waals surface area contributed by atoms with Crippen LogP contribution in [-0.4, -0.2) is 12.7 Å². The largest absolute Gasteiger partial charge is 0.377 e. The maximum Gasteiger partial charge on any atom is 0.0671 e. The Kier molecular flexibility index (Phi) is 3.12. The molecule has 1 aliphatic heterocycles. The molecular weight excluding hydrogens is 208 g/mol. The summed E-state index contributed by atoms with van der Waals surface area (Å²) < 4.78 is 6.22. The normalized spacial score (nSPS) is 41.8. The van der Waals surface area contributed by atoms with Gasteiger partial charge in [-0.3, -0.25) is 0 Å². The topological polar surface area (TPSA) is 9.23 Å². The highest BCUT2D eigenvalue weighted by molar-refractivity contribution is 5.14. The van der Waals surface area contributed by atoms with Crippen LogP contribution in [0.2, 0.25) is 0 Å². The Labute approximate surface area is 105 Å². The van der Waals surface area contributed by atoms with E-state index in [1.165, 1.54) is 32.1 Å². The summed E-state index contributed by atoms with van der Waals surface area (Å²) in [4.78, 5) is 0. The van der Waals surface area contributed by atoms with Gasteiger partial charge in [0.1, 0.15) is 0 Å². The van der Waals surface area contributed by atoms with Gasteiger partial charge in [-0.25, -0.2) is 0 Å². The second-order valence-corrected chi connectivity index (χ2v) is 6.27. The van der Waals surface area contributed by atoms with Crippen molar-refractivity contribution in [2.75, 3.05) is 6.61 Å². The van der Waals surface area contributed by atoms with E-state index in [-0.39, 0.29) is 0 Å². The maximum atomic E-state index is 6.22. The number of hydrogen-bond donors (Lipinski definition) is 0. The predicted octanol–water partition coefficient (Wildman–Crippen LogP) is 4.10. The first-order valence-corrected chi connectivity index (χ1v) is 7.18. The molecule has 1 saturated heterocycles. The van der Waals surface area contributed by atoms with E-state index in [4.69, 9.17) is 4.74 Å². The zero-order valence-electron chi connectivity index (χ0n) is 11.1. The van der Waals surface area contributed by atoms with Gasteiger partial charge in [-0.1, -0.05) is 23.3 Å². The molecule has 94 valence electrons. The molecule has 0 aromatic rings. The van der Waals surface area contributed by atoms with Crippen LogP contribution in [-0.2, 0) is 4.74 Å². The van der Waals surface area contributed by atoms with E-state index in [2.05, 4.69) is 26.0 Å². The molecule has 3 rings (SSSR count). The highest BCUT2D eigenvalue weighted by Crippen LogP contribution is 2.42. The second-order valence-electron chi connectivity index (χ2n) is 6.27. The average Bonchev–Trinajstić information content (AvgIpc) is 2.36. The van der Waals surface area contributed by atoms with Crippen LogP contribution in [0.3, 0.4) is 0 Å². The van der Waals surface area contributed by atoms with Crippen LogP contribution in [0.5, 0.6) is 0 Å². The van der Waals surface area contributed by atoms with Gasteiger partial charge in [0, 0.05) is 5.92 Å². The molecule has 2 unspecified atom stereocenters. The summed E-state index contributed by atoms with van der Waals surface area (Å²) >= 11 is 0. The van der Waals surface area contributed by atoms with Gasteiger partial charge in [0.2, 0.25) is 0 Å². The monoisotopic (exact) mass is 232 g/mol. The molecule has 2 bridgehead atoms. The Hall–Kier alpha value is -0.560. The summed E-state index contributed by atoms with van der Waals surface area (Å²) in [5.74, 6) is 2.30. The Morgan fingerprint density at radius 1 is 1.18 bits per heavy atom. The van der Waals surface area contributed by atoms with Crippen molar-refractivity contribution in [2.24, 2.45) is 17.8 Å². The molecule has 4 atom stereocenters. The summed E-state index contributed by atoms with van der Waals surface area (Å²) in [5, 5.41) is 0. The summed E-state index contributed by atoms with van der Waals surface area (Å²) in [6.07, 6.45) is 11.9. The fourth-order valence-electron chi connectivity index (χ4n) is 3.79. The zero-order chi connectivity index (χ0) is 11.8. The van der Waals surface area contributed by atoms with Crippen LogP contribution in [0.15, 0.2) is 23.3 Å². The third-order valence-corrected chi connectivity index (χ3v) is 5.01. The van der Waals surface area contributed by atoms with Crippen LogP contribution in [0.25, 0.3) is 0 Å². The molecule has 0 N–H and O–H groups in total. The van der Waals surface area contributed by atoms with Crippen LogP contribution in [0, 0.1) is 17.8 Å². The van der Waals surface area contributed by atoms with Crippen LogP contribution < -0.4 is 0 Å². The minimum atomic E-state index is 0.507. The SMILES string of the molecule is CC1=CCC(C2OC[C@@H]3CC=C(C)[C@H]2C3)CC1. The van der Waals surface area contributed by atoms with E-state index in [0.29, 0.717) is 6.10 Å². The van der Waals surface area contributed by atoms with Gasteiger partial charge in [-0.05, 0) is 57.8 Å². The molecule has 17 heavy (non-hydrogen) atoms. The van der Waals surface area contributed by atoms with Gasteiger partial charge in [0.05, 0.1) is 12.7 Å². The van der Waals surface area contributed by atoms with Gasteiger partial charge < -0.3 is 4.74 Å². The Balaban J connectivity index is 1.75. The van der Waals surface area contributed by atoms with Crippen molar-refractivity contribution in [2.45, 2.75) is 52.1 Å². The van der Waals surface area contributed by atoms with Crippen molar-refractivity contribution < 1.29 is 4.74 Å². The summed E-state index contributed by atoms with van der Waals surface area (Å²) in [6, 6.07) is 0. The molecule has 0 aromatic heterocycles. The quantitative estimate of drug-likeness (QED) is 0.618. The van der Waals surface area contributed by atoms with Gasteiger partial charge in [-0.15, -0.1) is 0 Å². The minimum Gasteiger partial charge on any atom is -0.377 e. The highest BCUT2D eigenvalue weighted by atomic mass is 16.5. The fourth-order valence-corrected chi connectivity index (χ4v) is 3.79. The zero-order valence-corrected chi connectivity index (χ0v) is 11.1. The van der Waals surface area contributed by atoms with Crippen LogP contribution in [0.4, 0.5) is 0 Å². The smallest absolute Gasteiger partial charge is 0.0671 e. The van der Waals surface area contributed by atoms with Crippen molar-refractivity contribution in [1.82, 2.24) is 0 Å². The lowest BCUT2D eigenvalue weighted by Gasteiger charge is -2.44. The molecular formula is C16H24O. The molecule has 2 aliphatic carbocycles. The van der Waals surface area contributed by atoms with Crippen LogP contribution in [0.1, 0.15) is 46.0 Å². The summed E-state index contributed by atoms with van der Waals surface area (Å²) in [5.41, 5.74) is 3.17. The molecule has 0 saturated carbocycles. The van der Waals surface area contributed by atoms with Crippen molar-refractivity contribution in [3.8, 4) is 0 Å². The maximum absolute atomic E-state index is 6.22. The lowest BCUT2D eigenvalue weighted by atomic mass is 9.71. The number of rotatable bonds is 1. The second kappa shape index (κ2) is 4.61. The van der Waals surface area contributed by atoms with Crippen LogP contribution >= 0.6 is 0 Å². The number of fused-ring (bicyclic) bond motifs is 2. The van der Waals surface area contributed by atoms with E-state index < -0.39 is 0 Å².